The van der Waals surface area contributed by atoms with Gasteiger partial charge in [0.15, 0.2) is 0 Å². The zero-order valence-electron chi connectivity index (χ0n) is 15.6. The Morgan fingerprint density at radius 3 is 2.27 bits per heavy atom. The van der Waals surface area contributed by atoms with Crippen molar-refractivity contribution >= 4 is 29.4 Å². The van der Waals surface area contributed by atoms with Crippen molar-refractivity contribution in [2.75, 3.05) is 11.1 Å². The molecule has 0 radical (unpaired) electrons. The molecule has 3 amide bonds. The highest BCUT2D eigenvalue weighted by Gasteiger charge is 2.51. The SMILES string of the molecule is Cc1ccc(NC(=O)NC(=O)CSC23CC4CC(CC(C4)C2)C3)c(C)c1. The van der Waals surface area contributed by atoms with Crippen molar-refractivity contribution in [3.05, 3.63) is 29.3 Å². The molecule has 26 heavy (non-hydrogen) atoms. The van der Waals surface area contributed by atoms with Gasteiger partial charge in [-0.1, -0.05) is 17.7 Å². The summed E-state index contributed by atoms with van der Waals surface area (Å²) in [6.45, 7) is 3.97. The predicted octanol–water partition coefficient (Wildman–Crippen LogP) is 4.65. The molecule has 4 saturated carbocycles. The number of imide groups is 1. The molecule has 4 aliphatic carbocycles. The molecule has 0 unspecified atom stereocenters. The lowest BCUT2D eigenvalue weighted by molar-refractivity contribution is -0.117. The highest BCUT2D eigenvalue weighted by Crippen LogP contribution is 2.60. The number of hydrogen-bond acceptors (Lipinski definition) is 3. The van der Waals surface area contributed by atoms with E-state index in [9.17, 15) is 9.59 Å². The summed E-state index contributed by atoms with van der Waals surface area (Å²) in [5.74, 6) is 2.83. The Bertz CT molecular complexity index is 695. The summed E-state index contributed by atoms with van der Waals surface area (Å²) in [4.78, 5) is 24.4. The van der Waals surface area contributed by atoms with Crippen molar-refractivity contribution in [1.82, 2.24) is 5.32 Å². The topological polar surface area (TPSA) is 58.2 Å². The third-order valence-electron chi connectivity index (χ3n) is 6.37. The first-order valence-corrected chi connectivity index (χ1v) is 10.7. The van der Waals surface area contributed by atoms with Crippen LogP contribution in [-0.4, -0.2) is 22.4 Å². The van der Waals surface area contributed by atoms with Gasteiger partial charge in [-0.3, -0.25) is 10.1 Å². The van der Waals surface area contributed by atoms with E-state index in [1.165, 1.54) is 38.5 Å². The maximum Gasteiger partial charge on any atom is 0.325 e. The van der Waals surface area contributed by atoms with Gasteiger partial charge in [0.25, 0.3) is 0 Å². The van der Waals surface area contributed by atoms with E-state index in [0.29, 0.717) is 10.5 Å². The van der Waals surface area contributed by atoms with Crippen LogP contribution in [0.15, 0.2) is 18.2 Å². The van der Waals surface area contributed by atoms with Gasteiger partial charge in [0, 0.05) is 10.4 Å². The fourth-order valence-corrected chi connectivity index (χ4v) is 7.27. The number of rotatable bonds is 4. The molecule has 0 heterocycles. The van der Waals surface area contributed by atoms with E-state index in [-0.39, 0.29) is 5.91 Å². The molecule has 5 heteroatoms. The van der Waals surface area contributed by atoms with E-state index in [1.807, 2.05) is 32.0 Å². The van der Waals surface area contributed by atoms with E-state index < -0.39 is 6.03 Å². The van der Waals surface area contributed by atoms with Crippen LogP contribution in [0.1, 0.15) is 49.7 Å². The van der Waals surface area contributed by atoms with Gasteiger partial charge >= 0.3 is 6.03 Å². The van der Waals surface area contributed by atoms with Gasteiger partial charge in [-0.15, -0.1) is 11.8 Å². The lowest BCUT2D eigenvalue weighted by Gasteiger charge is -2.56. The van der Waals surface area contributed by atoms with Gasteiger partial charge in [0.05, 0.1) is 5.75 Å². The Morgan fingerprint density at radius 1 is 1.08 bits per heavy atom. The fourth-order valence-electron chi connectivity index (χ4n) is 5.70. The minimum Gasteiger partial charge on any atom is -0.307 e. The third-order valence-corrected chi connectivity index (χ3v) is 7.89. The molecule has 0 aliphatic heterocycles. The Kier molecular flexibility index (Phi) is 4.76. The number of urea groups is 1. The van der Waals surface area contributed by atoms with Crippen LogP contribution in [0.4, 0.5) is 10.5 Å². The minimum absolute atomic E-state index is 0.187. The molecule has 0 atom stereocenters. The van der Waals surface area contributed by atoms with Crippen molar-refractivity contribution in [2.24, 2.45) is 17.8 Å². The van der Waals surface area contributed by atoms with Crippen LogP contribution < -0.4 is 10.6 Å². The zero-order chi connectivity index (χ0) is 18.3. The van der Waals surface area contributed by atoms with Crippen LogP contribution in [0.25, 0.3) is 0 Å². The summed E-state index contributed by atoms with van der Waals surface area (Å²) in [7, 11) is 0. The second-order valence-corrected chi connectivity index (χ2v) is 10.2. The maximum absolute atomic E-state index is 12.3. The standard InChI is InChI=1S/C21H28N2O2S/c1-13-3-4-18(14(2)5-13)22-20(25)23-19(24)12-26-21-9-15-6-16(10-21)8-17(7-15)11-21/h3-5,15-17H,6-12H2,1-2H3,(H2,22,23,24,25). The second kappa shape index (κ2) is 6.91. The van der Waals surface area contributed by atoms with Crippen LogP contribution in [0, 0.1) is 31.6 Å². The van der Waals surface area contributed by atoms with Crippen LogP contribution in [-0.2, 0) is 4.79 Å². The Labute approximate surface area is 159 Å². The molecular weight excluding hydrogens is 344 g/mol. The monoisotopic (exact) mass is 372 g/mol. The van der Waals surface area contributed by atoms with Crippen LogP contribution in [0.2, 0.25) is 0 Å². The van der Waals surface area contributed by atoms with Crippen molar-refractivity contribution < 1.29 is 9.59 Å². The Morgan fingerprint density at radius 2 is 1.69 bits per heavy atom. The van der Waals surface area contributed by atoms with Crippen LogP contribution >= 0.6 is 11.8 Å². The number of nitrogens with one attached hydrogen (secondary N) is 2. The van der Waals surface area contributed by atoms with E-state index in [0.717, 1.165) is 34.6 Å². The number of amides is 3. The highest BCUT2D eigenvalue weighted by molar-refractivity contribution is 8.01. The summed E-state index contributed by atoms with van der Waals surface area (Å²) >= 11 is 1.80. The number of hydrogen-bond donors (Lipinski definition) is 2. The third kappa shape index (κ3) is 3.78. The smallest absolute Gasteiger partial charge is 0.307 e. The van der Waals surface area contributed by atoms with Gasteiger partial charge in [-0.25, -0.2) is 4.79 Å². The lowest BCUT2D eigenvalue weighted by Crippen LogP contribution is -2.49. The number of benzene rings is 1. The quantitative estimate of drug-likeness (QED) is 0.808. The Hall–Kier alpha value is -1.49. The van der Waals surface area contributed by atoms with Crippen molar-refractivity contribution in [3.63, 3.8) is 0 Å². The largest absolute Gasteiger partial charge is 0.325 e. The van der Waals surface area contributed by atoms with E-state index in [4.69, 9.17) is 0 Å². The summed E-state index contributed by atoms with van der Waals surface area (Å²) in [5, 5.41) is 5.27. The molecule has 140 valence electrons. The van der Waals surface area contributed by atoms with E-state index in [1.54, 1.807) is 11.8 Å². The molecule has 4 nitrogen and oxygen atoms in total. The molecule has 0 aromatic heterocycles. The first-order chi connectivity index (χ1) is 12.4. The molecular formula is C21H28N2O2S. The van der Waals surface area contributed by atoms with Gasteiger partial charge in [0.2, 0.25) is 5.91 Å². The van der Waals surface area contributed by atoms with Gasteiger partial charge in [-0.05, 0) is 81.8 Å². The number of carbonyl (C=O) groups is 2. The molecule has 0 spiro atoms. The van der Waals surface area contributed by atoms with Crippen molar-refractivity contribution in [1.29, 1.82) is 0 Å². The van der Waals surface area contributed by atoms with Gasteiger partial charge in [-0.2, -0.15) is 0 Å². The first-order valence-electron chi connectivity index (χ1n) is 9.73. The van der Waals surface area contributed by atoms with E-state index >= 15 is 0 Å². The number of aryl methyl sites for hydroxylation is 2. The fraction of sp³-hybridized carbons (Fsp3) is 0.619. The number of carbonyl (C=O) groups excluding carboxylic acids is 2. The van der Waals surface area contributed by atoms with E-state index in [2.05, 4.69) is 10.6 Å². The summed E-state index contributed by atoms with van der Waals surface area (Å²) < 4.78 is 0.302. The zero-order valence-corrected chi connectivity index (χ0v) is 16.5. The van der Waals surface area contributed by atoms with Crippen LogP contribution in [0.5, 0.6) is 0 Å². The second-order valence-electron chi connectivity index (χ2n) is 8.71. The average Bonchev–Trinajstić information content (AvgIpc) is 2.54. The average molecular weight is 373 g/mol. The predicted molar refractivity (Wildman–Crippen MR) is 106 cm³/mol. The van der Waals surface area contributed by atoms with Crippen molar-refractivity contribution in [2.45, 2.75) is 57.1 Å². The molecule has 1 aromatic rings. The summed E-state index contributed by atoms with van der Waals surface area (Å²) in [5.41, 5.74) is 2.89. The first kappa shape index (κ1) is 17.9. The minimum atomic E-state index is -0.437. The lowest BCUT2D eigenvalue weighted by atomic mass is 9.56. The van der Waals surface area contributed by atoms with Gasteiger partial charge < -0.3 is 5.32 Å². The molecule has 2 N–H and O–H groups in total. The summed E-state index contributed by atoms with van der Waals surface area (Å²) in [6.07, 6.45) is 8.03. The Balaban J connectivity index is 1.28. The van der Waals surface area contributed by atoms with Crippen molar-refractivity contribution in [3.8, 4) is 0 Å². The number of thioether (sulfide) groups is 1. The van der Waals surface area contributed by atoms with Gasteiger partial charge in [0.1, 0.15) is 0 Å². The molecule has 4 bridgehead atoms. The normalized spacial score (nSPS) is 31.7. The molecule has 0 saturated heterocycles. The van der Waals surface area contributed by atoms with Crippen LogP contribution in [0.3, 0.4) is 0 Å². The molecule has 4 fully saturated rings. The number of anilines is 1. The highest BCUT2D eigenvalue weighted by atomic mass is 32.2. The molecule has 1 aromatic carbocycles. The molecule has 4 aliphatic rings. The summed E-state index contributed by atoms with van der Waals surface area (Å²) in [6, 6.07) is 5.40. The molecule has 5 rings (SSSR count). The maximum atomic E-state index is 12.3.